The van der Waals surface area contributed by atoms with E-state index >= 15 is 0 Å². The van der Waals surface area contributed by atoms with Crippen LogP contribution in [0.4, 0.5) is 4.39 Å². The van der Waals surface area contributed by atoms with Crippen LogP contribution < -0.4 is 0 Å². The molecule has 0 saturated carbocycles. The Labute approximate surface area is 91.7 Å². The van der Waals surface area contributed by atoms with E-state index in [4.69, 9.17) is 0 Å². The number of fused-ring (bicyclic) bond motifs is 1. The molecule has 1 N–H and O–H groups in total. The van der Waals surface area contributed by atoms with Crippen molar-refractivity contribution in [3.05, 3.63) is 54.3 Å². The lowest BCUT2D eigenvalue weighted by Crippen LogP contribution is -1.79. The molecule has 3 aromatic rings. The Morgan fingerprint density at radius 1 is 1.12 bits per heavy atom. The molecule has 0 amide bonds. The third-order valence-corrected chi connectivity index (χ3v) is 2.51. The molecule has 3 rings (SSSR count). The summed E-state index contributed by atoms with van der Waals surface area (Å²) < 4.78 is 12.8. The van der Waals surface area contributed by atoms with Crippen molar-refractivity contribution in [1.82, 2.24) is 10.2 Å². The molecule has 1 heterocycles. The Bertz CT molecular complexity index is 626. The van der Waals surface area contributed by atoms with Crippen LogP contribution in [0.2, 0.25) is 0 Å². The zero-order chi connectivity index (χ0) is 11.0. The molecule has 2 nitrogen and oxygen atoms in total. The van der Waals surface area contributed by atoms with Gasteiger partial charge in [0, 0.05) is 17.0 Å². The highest BCUT2D eigenvalue weighted by molar-refractivity contribution is 5.92. The highest BCUT2D eigenvalue weighted by atomic mass is 19.1. The normalized spacial score (nSPS) is 10.8. The number of hydrogen-bond acceptors (Lipinski definition) is 1. The lowest BCUT2D eigenvalue weighted by Gasteiger charge is -1.97. The van der Waals surface area contributed by atoms with Gasteiger partial charge in [-0.25, -0.2) is 4.39 Å². The van der Waals surface area contributed by atoms with Crippen molar-refractivity contribution in [3.63, 3.8) is 0 Å². The van der Waals surface area contributed by atoms with Crippen molar-refractivity contribution in [2.45, 2.75) is 0 Å². The average molecular weight is 211 g/mol. The summed E-state index contributed by atoms with van der Waals surface area (Å²) >= 11 is 0. The fourth-order valence-electron chi connectivity index (χ4n) is 1.73. The van der Waals surface area contributed by atoms with Gasteiger partial charge >= 0.3 is 0 Å². The number of benzene rings is 2. The van der Waals surface area contributed by atoms with Crippen LogP contribution in [0.1, 0.15) is 0 Å². The number of halogens is 1. The van der Waals surface area contributed by atoms with Crippen molar-refractivity contribution >= 4 is 10.9 Å². The fourth-order valence-corrected chi connectivity index (χ4v) is 1.73. The molecule has 0 bridgehead atoms. The van der Waals surface area contributed by atoms with Gasteiger partial charge in [0.1, 0.15) is 5.82 Å². The third kappa shape index (κ3) is 1.37. The second-order valence-electron chi connectivity index (χ2n) is 3.54. The lowest BCUT2D eigenvalue weighted by molar-refractivity contribution is 0.628. The van der Waals surface area contributed by atoms with Crippen molar-refractivity contribution in [3.8, 4) is 11.3 Å². The van der Waals surface area contributed by atoms with E-state index in [2.05, 4.69) is 16.3 Å². The van der Waals surface area contributed by atoms with Crippen LogP contribution in [-0.4, -0.2) is 10.2 Å². The predicted molar refractivity (Wildman–Crippen MR) is 60.3 cm³/mol. The highest BCUT2D eigenvalue weighted by Gasteiger charge is 2.06. The molecule has 0 atom stereocenters. The zero-order valence-electron chi connectivity index (χ0n) is 8.37. The minimum absolute atomic E-state index is 0.241. The van der Waals surface area contributed by atoms with E-state index in [1.807, 2.05) is 18.2 Å². The minimum atomic E-state index is -0.241. The van der Waals surface area contributed by atoms with Crippen molar-refractivity contribution < 1.29 is 4.39 Å². The topological polar surface area (TPSA) is 28.7 Å². The largest absolute Gasteiger partial charge is 0.277 e. The van der Waals surface area contributed by atoms with Crippen LogP contribution in [-0.2, 0) is 0 Å². The third-order valence-electron chi connectivity index (χ3n) is 2.51. The summed E-state index contributed by atoms with van der Waals surface area (Å²) in [6, 6.07) is 15.1. The monoisotopic (exact) mass is 211 g/mol. The Kier molecular flexibility index (Phi) is 1.96. The number of nitrogens with one attached hydrogen (secondary N) is 1. The molecule has 1 radical (unpaired) electrons. The van der Waals surface area contributed by atoms with Gasteiger partial charge in [-0.05, 0) is 24.3 Å². The number of rotatable bonds is 1. The SMILES string of the molecule is Fc1ccc(-c2n[nH]c3[c]cccc23)cc1. The first-order chi connectivity index (χ1) is 7.84. The van der Waals surface area contributed by atoms with Gasteiger partial charge in [0.2, 0.25) is 0 Å². The maximum atomic E-state index is 12.8. The molecule has 0 aliphatic carbocycles. The molecule has 0 aliphatic rings. The highest BCUT2D eigenvalue weighted by Crippen LogP contribution is 2.25. The number of H-pyrrole nitrogens is 1. The van der Waals surface area contributed by atoms with Gasteiger partial charge in [0.25, 0.3) is 0 Å². The van der Waals surface area contributed by atoms with E-state index in [0.29, 0.717) is 0 Å². The van der Waals surface area contributed by atoms with Crippen LogP contribution in [0.3, 0.4) is 0 Å². The first kappa shape index (κ1) is 9.09. The summed E-state index contributed by atoms with van der Waals surface area (Å²) in [7, 11) is 0. The summed E-state index contributed by atoms with van der Waals surface area (Å²) in [6.07, 6.45) is 0. The Hall–Kier alpha value is -2.16. The maximum Gasteiger partial charge on any atom is 0.123 e. The Morgan fingerprint density at radius 2 is 1.94 bits per heavy atom. The second kappa shape index (κ2) is 3.45. The molecule has 1 aromatic heterocycles. The Balaban J connectivity index is 2.22. The molecule has 0 spiro atoms. The van der Waals surface area contributed by atoms with Crippen LogP contribution in [0, 0.1) is 11.9 Å². The van der Waals surface area contributed by atoms with E-state index in [-0.39, 0.29) is 5.82 Å². The van der Waals surface area contributed by atoms with Crippen molar-refractivity contribution in [2.75, 3.05) is 0 Å². The second-order valence-corrected chi connectivity index (χ2v) is 3.54. The molecule has 16 heavy (non-hydrogen) atoms. The van der Waals surface area contributed by atoms with Gasteiger partial charge < -0.3 is 0 Å². The predicted octanol–water partition coefficient (Wildman–Crippen LogP) is 3.17. The number of para-hydroxylation sites is 1. The fraction of sp³-hybridized carbons (Fsp3) is 0. The summed E-state index contributed by atoms with van der Waals surface area (Å²) in [5, 5.41) is 8.11. The van der Waals surface area contributed by atoms with Gasteiger partial charge in [-0.15, -0.1) is 0 Å². The minimum Gasteiger partial charge on any atom is -0.277 e. The zero-order valence-corrected chi connectivity index (χ0v) is 8.37. The first-order valence-corrected chi connectivity index (χ1v) is 4.95. The van der Waals surface area contributed by atoms with Gasteiger partial charge in [-0.3, -0.25) is 5.10 Å². The van der Waals surface area contributed by atoms with E-state index in [1.165, 1.54) is 12.1 Å². The molecule has 2 aromatic carbocycles. The smallest absolute Gasteiger partial charge is 0.123 e. The van der Waals surface area contributed by atoms with Crippen molar-refractivity contribution in [1.29, 1.82) is 0 Å². The molecule has 0 aliphatic heterocycles. The van der Waals surface area contributed by atoms with Crippen LogP contribution >= 0.6 is 0 Å². The summed E-state index contributed by atoms with van der Waals surface area (Å²) in [5.74, 6) is -0.241. The lowest BCUT2D eigenvalue weighted by atomic mass is 10.1. The van der Waals surface area contributed by atoms with E-state index in [0.717, 1.165) is 22.2 Å². The molecular formula is C13H8FN2. The molecule has 77 valence electrons. The molecule has 3 heteroatoms. The summed E-state index contributed by atoms with van der Waals surface area (Å²) in [5.41, 5.74) is 2.58. The molecular weight excluding hydrogens is 203 g/mol. The van der Waals surface area contributed by atoms with Crippen LogP contribution in [0.5, 0.6) is 0 Å². The van der Waals surface area contributed by atoms with Crippen molar-refractivity contribution in [2.24, 2.45) is 0 Å². The van der Waals surface area contributed by atoms with Crippen LogP contribution in [0.25, 0.3) is 22.2 Å². The van der Waals surface area contributed by atoms with E-state index in [1.54, 1.807) is 12.1 Å². The van der Waals surface area contributed by atoms with Gasteiger partial charge in [0.05, 0.1) is 11.2 Å². The average Bonchev–Trinajstić information content (AvgIpc) is 2.74. The number of nitrogens with zero attached hydrogens (tertiary/aromatic N) is 1. The van der Waals surface area contributed by atoms with Gasteiger partial charge in [0.15, 0.2) is 0 Å². The Morgan fingerprint density at radius 3 is 2.75 bits per heavy atom. The summed E-state index contributed by atoms with van der Waals surface area (Å²) in [4.78, 5) is 0. The molecule has 0 fully saturated rings. The standard InChI is InChI=1S/C13H8FN2/c14-10-7-5-9(6-8-10)13-11-3-1-2-4-12(11)15-16-13/h1-3,5-8H,(H,15,16). The number of hydrogen-bond donors (Lipinski definition) is 1. The van der Waals surface area contributed by atoms with Gasteiger partial charge in [-0.2, -0.15) is 5.10 Å². The summed E-state index contributed by atoms with van der Waals surface area (Å²) in [6.45, 7) is 0. The van der Waals surface area contributed by atoms with E-state index < -0.39 is 0 Å². The number of aromatic nitrogens is 2. The van der Waals surface area contributed by atoms with Gasteiger partial charge in [-0.1, -0.05) is 18.2 Å². The van der Waals surface area contributed by atoms with Crippen LogP contribution in [0.15, 0.2) is 42.5 Å². The quantitative estimate of drug-likeness (QED) is 0.658. The number of aromatic amines is 1. The maximum absolute atomic E-state index is 12.8. The molecule has 0 unspecified atom stereocenters. The molecule has 0 saturated heterocycles. The van der Waals surface area contributed by atoms with E-state index in [9.17, 15) is 4.39 Å². The first-order valence-electron chi connectivity index (χ1n) is 4.95.